The van der Waals surface area contributed by atoms with Gasteiger partial charge in [0.2, 0.25) is 5.82 Å². The summed E-state index contributed by atoms with van der Waals surface area (Å²) >= 11 is 0. The van der Waals surface area contributed by atoms with E-state index in [1.807, 2.05) is 25.4 Å². The molecule has 4 aromatic rings. The summed E-state index contributed by atoms with van der Waals surface area (Å²) in [6.07, 6.45) is 13.4. The van der Waals surface area contributed by atoms with Crippen LogP contribution >= 0.6 is 0 Å². The Morgan fingerprint density at radius 2 is 1.89 bits per heavy atom. The molecule has 0 bridgehead atoms. The van der Waals surface area contributed by atoms with Crippen LogP contribution in [0.1, 0.15) is 58.8 Å². The zero-order chi connectivity index (χ0) is 26.3. The monoisotopic (exact) mass is 513 g/mol. The molecule has 1 saturated carbocycles. The highest BCUT2D eigenvalue weighted by molar-refractivity contribution is 6.03. The van der Waals surface area contributed by atoms with Gasteiger partial charge in [0, 0.05) is 49.8 Å². The second-order valence-corrected chi connectivity index (χ2v) is 10.3. The predicted molar refractivity (Wildman–Crippen MR) is 142 cm³/mol. The molecule has 4 aromatic heterocycles. The van der Waals surface area contributed by atoms with Gasteiger partial charge in [-0.05, 0) is 69.3 Å². The Bertz CT molecular complexity index is 1520. The van der Waals surface area contributed by atoms with E-state index in [1.165, 1.54) is 38.3 Å². The number of carbonyl (C=O) groups is 2. The second kappa shape index (κ2) is 9.64. The third-order valence-electron chi connectivity index (χ3n) is 7.94. The van der Waals surface area contributed by atoms with Gasteiger partial charge in [0.25, 0.3) is 11.8 Å². The number of hydrogen-bond acceptors (Lipinski definition) is 7. The number of amides is 2. The molecule has 0 unspecified atom stereocenters. The van der Waals surface area contributed by atoms with Crippen LogP contribution in [0.3, 0.4) is 0 Å². The molecule has 6 rings (SSSR count). The number of aryl methyl sites for hydroxylation is 2. The number of carbonyl (C=O) groups excluding carboxylic acids is 2. The lowest BCUT2D eigenvalue weighted by molar-refractivity contribution is 0.0561. The predicted octanol–water partition coefficient (Wildman–Crippen LogP) is 2.83. The van der Waals surface area contributed by atoms with Gasteiger partial charge in [0.1, 0.15) is 0 Å². The number of nitrogens with zero attached hydrogens (tertiary/aromatic N) is 7. The van der Waals surface area contributed by atoms with Crippen molar-refractivity contribution in [1.82, 2.24) is 39.6 Å². The highest BCUT2D eigenvalue weighted by Crippen LogP contribution is 2.45. The summed E-state index contributed by atoms with van der Waals surface area (Å²) in [5.41, 5.74) is 4.27. The number of aromatic nitrogens is 6. The molecular formula is C27H31N9O2. The number of fused-ring (bicyclic) bond motifs is 1. The third-order valence-corrected chi connectivity index (χ3v) is 7.94. The zero-order valence-corrected chi connectivity index (χ0v) is 21.6. The number of rotatable bonds is 7. The van der Waals surface area contributed by atoms with E-state index in [0.29, 0.717) is 34.7 Å². The van der Waals surface area contributed by atoms with Crippen LogP contribution in [-0.4, -0.2) is 71.2 Å². The number of anilines is 1. The normalized spacial score (nSPS) is 16.6. The van der Waals surface area contributed by atoms with Gasteiger partial charge in [-0.2, -0.15) is 5.10 Å². The van der Waals surface area contributed by atoms with Gasteiger partial charge in [-0.1, -0.05) is 0 Å². The van der Waals surface area contributed by atoms with Gasteiger partial charge in [-0.3, -0.25) is 28.6 Å². The topological polar surface area (TPSA) is 122 Å². The molecule has 1 saturated heterocycles. The summed E-state index contributed by atoms with van der Waals surface area (Å²) in [5.74, 6) is -0.498. The van der Waals surface area contributed by atoms with Crippen molar-refractivity contribution in [2.24, 2.45) is 7.05 Å². The van der Waals surface area contributed by atoms with Gasteiger partial charge >= 0.3 is 0 Å². The average Bonchev–Trinajstić information content (AvgIpc) is 3.62. The fourth-order valence-electron chi connectivity index (χ4n) is 5.66. The van der Waals surface area contributed by atoms with E-state index in [4.69, 9.17) is 0 Å². The standard InChI is InChI=1S/C27H31N9O2/c1-18-22(13-20(15-29-18)25(37)28-9-12-35-10-4-8-27(35)6-3-7-27)31-26(38)24-33-32-23-14-19(5-11-36(23)24)21-16-30-34(2)17-21/h5,11,13-17H,3-4,6-10,12H2,1-2H3,(H,28,37)(H,31,38). The lowest BCUT2D eigenvalue weighted by atomic mass is 9.75. The number of likely N-dealkylation sites (tertiary alicyclic amines) is 1. The first-order valence-corrected chi connectivity index (χ1v) is 13.1. The van der Waals surface area contributed by atoms with E-state index in [0.717, 1.165) is 24.2 Å². The minimum atomic E-state index is -0.436. The summed E-state index contributed by atoms with van der Waals surface area (Å²) in [6, 6.07) is 5.40. The SMILES string of the molecule is Cc1ncc(C(=O)NCCN2CCCC23CCC3)cc1NC(=O)c1nnc2cc(-c3cnn(C)c3)ccn12. The molecule has 2 N–H and O–H groups in total. The number of hydrogen-bond donors (Lipinski definition) is 2. The lowest BCUT2D eigenvalue weighted by Gasteiger charge is -2.46. The van der Waals surface area contributed by atoms with Crippen LogP contribution in [0, 0.1) is 6.92 Å². The first-order valence-electron chi connectivity index (χ1n) is 13.1. The Hall–Kier alpha value is -4.12. The fraction of sp³-hybridized carbons (Fsp3) is 0.407. The van der Waals surface area contributed by atoms with E-state index in [2.05, 4.69) is 35.8 Å². The smallest absolute Gasteiger partial charge is 0.294 e. The van der Waals surface area contributed by atoms with Crippen LogP contribution in [0.5, 0.6) is 0 Å². The highest BCUT2D eigenvalue weighted by atomic mass is 16.2. The molecule has 2 aliphatic rings. The van der Waals surface area contributed by atoms with Crippen LogP contribution in [0.4, 0.5) is 5.69 Å². The van der Waals surface area contributed by atoms with Gasteiger partial charge in [0.05, 0.1) is 23.1 Å². The molecule has 0 atom stereocenters. The molecule has 1 aliphatic carbocycles. The largest absolute Gasteiger partial charge is 0.351 e. The Labute approximate surface area is 220 Å². The first kappa shape index (κ1) is 24.2. The van der Waals surface area contributed by atoms with Crippen LogP contribution in [-0.2, 0) is 7.05 Å². The first-order chi connectivity index (χ1) is 18.4. The molecule has 0 aromatic carbocycles. The molecule has 11 heteroatoms. The van der Waals surface area contributed by atoms with Crippen molar-refractivity contribution in [2.75, 3.05) is 25.0 Å². The molecule has 196 valence electrons. The van der Waals surface area contributed by atoms with E-state index >= 15 is 0 Å². The summed E-state index contributed by atoms with van der Waals surface area (Å²) in [7, 11) is 1.86. The number of pyridine rings is 2. The molecule has 11 nitrogen and oxygen atoms in total. The Kier molecular flexibility index (Phi) is 6.15. The maximum Gasteiger partial charge on any atom is 0.294 e. The van der Waals surface area contributed by atoms with Crippen molar-refractivity contribution in [3.8, 4) is 11.1 Å². The van der Waals surface area contributed by atoms with Crippen molar-refractivity contribution < 1.29 is 9.59 Å². The molecule has 2 amide bonds. The minimum absolute atomic E-state index is 0.141. The van der Waals surface area contributed by atoms with Crippen molar-refractivity contribution in [1.29, 1.82) is 0 Å². The van der Waals surface area contributed by atoms with E-state index in [-0.39, 0.29) is 11.7 Å². The minimum Gasteiger partial charge on any atom is -0.351 e. The molecule has 1 spiro atoms. The molecule has 38 heavy (non-hydrogen) atoms. The molecule has 0 radical (unpaired) electrons. The lowest BCUT2D eigenvalue weighted by Crippen LogP contribution is -2.51. The van der Waals surface area contributed by atoms with Gasteiger partial charge < -0.3 is 10.6 Å². The van der Waals surface area contributed by atoms with Gasteiger partial charge in [0.15, 0.2) is 5.65 Å². The maximum atomic E-state index is 13.1. The molecule has 5 heterocycles. The van der Waals surface area contributed by atoms with Crippen molar-refractivity contribution in [2.45, 2.75) is 44.6 Å². The molecule has 1 aliphatic heterocycles. The van der Waals surface area contributed by atoms with Gasteiger partial charge in [-0.15, -0.1) is 10.2 Å². The Morgan fingerprint density at radius 1 is 1.05 bits per heavy atom. The van der Waals surface area contributed by atoms with Crippen LogP contribution in [0.2, 0.25) is 0 Å². The summed E-state index contributed by atoms with van der Waals surface area (Å²) in [5, 5.41) is 18.3. The van der Waals surface area contributed by atoms with Crippen molar-refractivity contribution in [3.63, 3.8) is 0 Å². The van der Waals surface area contributed by atoms with E-state index in [9.17, 15) is 9.59 Å². The third kappa shape index (κ3) is 4.43. The zero-order valence-electron chi connectivity index (χ0n) is 21.6. The summed E-state index contributed by atoms with van der Waals surface area (Å²) in [4.78, 5) is 32.8. The van der Waals surface area contributed by atoms with Crippen LogP contribution in [0.15, 0.2) is 43.0 Å². The molecular weight excluding hydrogens is 482 g/mol. The quantitative estimate of drug-likeness (QED) is 0.390. The van der Waals surface area contributed by atoms with Crippen LogP contribution < -0.4 is 10.6 Å². The van der Waals surface area contributed by atoms with E-state index in [1.54, 1.807) is 34.5 Å². The highest BCUT2D eigenvalue weighted by Gasteiger charge is 2.44. The number of nitrogens with one attached hydrogen (secondary N) is 2. The summed E-state index contributed by atoms with van der Waals surface area (Å²) in [6.45, 7) is 4.34. The average molecular weight is 514 g/mol. The molecule has 2 fully saturated rings. The van der Waals surface area contributed by atoms with Crippen molar-refractivity contribution in [3.05, 3.63) is 60.1 Å². The Morgan fingerprint density at radius 3 is 2.66 bits per heavy atom. The summed E-state index contributed by atoms with van der Waals surface area (Å²) < 4.78 is 3.35. The second-order valence-electron chi connectivity index (χ2n) is 10.3. The van der Waals surface area contributed by atoms with E-state index < -0.39 is 5.91 Å². The van der Waals surface area contributed by atoms with Crippen LogP contribution in [0.25, 0.3) is 16.8 Å². The fourth-order valence-corrected chi connectivity index (χ4v) is 5.66. The maximum absolute atomic E-state index is 13.1. The van der Waals surface area contributed by atoms with Gasteiger partial charge in [-0.25, -0.2) is 0 Å². The Balaban J connectivity index is 1.12. The van der Waals surface area contributed by atoms with Crippen molar-refractivity contribution >= 4 is 23.1 Å².